The second-order valence-electron chi connectivity index (χ2n) is 4.60. The summed E-state index contributed by atoms with van der Waals surface area (Å²) < 4.78 is 0. The van der Waals surface area contributed by atoms with Crippen LogP contribution in [0.4, 0.5) is 0 Å². The Balaban J connectivity index is 1.95. The molecular weight excluding hydrogens is 295 g/mol. The molecule has 2 N–H and O–H groups in total. The molecule has 106 valence electrons. The van der Waals surface area contributed by atoms with Crippen molar-refractivity contribution in [2.45, 2.75) is 19.1 Å². The van der Waals surface area contributed by atoms with Crippen molar-refractivity contribution in [3.05, 3.63) is 63.9 Å². The summed E-state index contributed by atoms with van der Waals surface area (Å²) in [6, 6.07) is 9.20. The normalized spacial score (nSPS) is 14.0. The van der Waals surface area contributed by atoms with Gasteiger partial charge in [0, 0.05) is 25.0 Å². The molecule has 1 heterocycles. The molecule has 0 aliphatic heterocycles. The minimum Gasteiger partial charge on any atom is -0.387 e. The second kappa shape index (κ2) is 7.04. The first-order chi connectivity index (χ1) is 9.58. The minimum absolute atomic E-state index is 0.0706. The Labute approximate surface area is 128 Å². The molecule has 0 bridgehead atoms. The van der Waals surface area contributed by atoms with Crippen LogP contribution in [0.1, 0.15) is 30.2 Å². The van der Waals surface area contributed by atoms with Crippen molar-refractivity contribution in [2.75, 3.05) is 6.54 Å². The molecule has 0 radical (unpaired) electrons. The van der Waals surface area contributed by atoms with Gasteiger partial charge in [0.1, 0.15) is 0 Å². The predicted molar refractivity (Wildman–Crippen MR) is 82.1 cm³/mol. The zero-order chi connectivity index (χ0) is 14.5. The number of nitrogens with one attached hydrogen (secondary N) is 1. The molecule has 0 amide bonds. The number of aliphatic hydroxyl groups excluding tert-OH is 1. The SMILES string of the molecule is CC(NCC(O)c1ccncc1)c1ccc(Cl)c(Cl)c1. The molecule has 0 aliphatic rings. The van der Waals surface area contributed by atoms with E-state index < -0.39 is 6.10 Å². The van der Waals surface area contributed by atoms with Crippen LogP contribution in [0, 0.1) is 0 Å². The lowest BCUT2D eigenvalue weighted by Crippen LogP contribution is -2.24. The standard InChI is InChI=1S/C15H16Cl2N2O/c1-10(12-2-3-13(16)14(17)8-12)19-9-15(20)11-4-6-18-7-5-11/h2-8,10,15,19-20H,9H2,1H3. The minimum atomic E-state index is -0.566. The van der Waals surface area contributed by atoms with Gasteiger partial charge in [-0.1, -0.05) is 29.3 Å². The van der Waals surface area contributed by atoms with E-state index in [2.05, 4.69) is 10.3 Å². The fourth-order valence-corrected chi connectivity index (χ4v) is 2.20. The van der Waals surface area contributed by atoms with Crippen LogP contribution in [0.2, 0.25) is 10.0 Å². The van der Waals surface area contributed by atoms with Gasteiger partial charge in [-0.3, -0.25) is 4.98 Å². The lowest BCUT2D eigenvalue weighted by molar-refractivity contribution is 0.170. The van der Waals surface area contributed by atoms with E-state index >= 15 is 0 Å². The molecule has 2 rings (SSSR count). The van der Waals surface area contributed by atoms with Crippen molar-refractivity contribution in [2.24, 2.45) is 0 Å². The highest BCUT2D eigenvalue weighted by Crippen LogP contribution is 2.25. The van der Waals surface area contributed by atoms with Crippen LogP contribution in [0.15, 0.2) is 42.7 Å². The Kier molecular flexibility index (Phi) is 5.38. The van der Waals surface area contributed by atoms with Crippen LogP contribution >= 0.6 is 23.2 Å². The summed E-state index contributed by atoms with van der Waals surface area (Å²) in [6.07, 6.45) is 2.77. The van der Waals surface area contributed by atoms with Crippen molar-refractivity contribution in [3.8, 4) is 0 Å². The van der Waals surface area contributed by atoms with E-state index in [1.807, 2.05) is 19.1 Å². The second-order valence-corrected chi connectivity index (χ2v) is 5.41. The Morgan fingerprint density at radius 3 is 2.45 bits per heavy atom. The fourth-order valence-electron chi connectivity index (χ4n) is 1.89. The molecular formula is C15H16Cl2N2O. The summed E-state index contributed by atoms with van der Waals surface area (Å²) in [5, 5.41) is 14.4. The van der Waals surface area contributed by atoms with Crippen LogP contribution in [0.5, 0.6) is 0 Å². The third-order valence-corrected chi connectivity index (χ3v) is 3.89. The number of benzene rings is 1. The van der Waals surface area contributed by atoms with E-state index in [-0.39, 0.29) is 6.04 Å². The number of aromatic nitrogens is 1. The van der Waals surface area contributed by atoms with Crippen molar-refractivity contribution in [1.29, 1.82) is 0 Å². The third-order valence-electron chi connectivity index (χ3n) is 3.15. The molecule has 0 spiro atoms. The van der Waals surface area contributed by atoms with Crippen molar-refractivity contribution < 1.29 is 5.11 Å². The molecule has 2 atom stereocenters. The molecule has 0 aliphatic carbocycles. The van der Waals surface area contributed by atoms with Gasteiger partial charge in [-0.25, -0.2) is 0 Å². The van der Waals surface area contributed by atoms with Gasteiger partial charge < -0.3 is 10.4 Å². The van der Waals surface area contributed by atoms with Gasteiger partial charge in [0.25, 0.3) is 0 Å². The first-order valence-corrected chi connectivity index (χ1v) is 7.10. The summed E-state index contributed by atoms with van der Waals surface area (Å²) in [7, 11) is 0. The van der Waals surface area contributed by atoms with E-state index in [0.717, 1.165) is 11.1 Å². The lowest BCUT2D eigenvalue weighted by atomic mass is 10.1. The monoisotopic (exact) mass is 310 g/mol. The van der Waals surface area contributed by atoms with E-state index in [9.17, 15) is 5.11 Å². The molecule has 0 saturated heterocycles. The lowest BCUT2D eigenvalue weighted by Gasteiger charge is -2.18. The number of pyridine rings is 1. The quantitative estimate of drug-likeness (QED) is 0.883. The van der Waals surface area contributed by atoms with Gasteiger partial charge in [0.15, 0.2) is 0 Å². The average Bonchev–Trinajstić information content (AvgIpc) is 2.48. The first-order valence-electron chi connectivity index (χ1n) is 6.34. The van der Waals surface area contributed by atoms with E-state index in [4.69, 9.17) is 23.2 Å². The summed E-state index contributed by atoms with van der Waals surface area (Å²) in [5.41, 5.74) is 1.87. The topological polar surface area (TPSA) is 45.1 Å². The first kappa shape index (κ1) is 15.3. The fraction of sp³-hybridized carbons (Fsp3) is 0.267. The highest BCUT2D eigenvalue weighted by molar-refractivity contribution is 6.42. The molecule has 5 heteroatoms. The van der Waals surface area contributed by atoms with Crippen LogP contribution in [-0.2, 0) is 0 Å². The maximum absolute atomic E-state index is 10.1. The highest BCUT2D eigenvalue weighted by atomic mass is 35.5. The van der Waals surface area contributed by atoms with E-state index in [1.54, 1.807) is 30.6 Å². The zero-order valence-corrected chi connectivity index (χ0v) is 12.6. The zero-order valence-electron chi connectivity index (χ0n) is 11.1. The number of hydrogen-bond acceptors (Lipinski definition) is 3. The molecule has 2 aromatic rings. The third kappa shape index (κ3) is 3.93. The Morgan fingerprint density at radius 1 is 1.10 bits per heavy atom. The average molecular weight is 311 g/mol. The Morgan fingerprint density at radius 2 is 1.80 bits per heavy atom. The molecule has 1 aromatic heterocycles. The molecule has 1 aromatic carbocycles. The van der Waals surface area contributed by atoms with Crippen LogP contribution in [0.25, 0.3) is 0 Å². The molecule has 3 nitrogen and oxygen atoms in total. The largest absolute Gasteiger partial charge is 0.387 e. The molecule has 20 heavy (non-hydrogen) atoms. The number of aliphatic hydroxyl groups is 1. The van der Waals surface area contributed by atoms with Gasteiger partial charge in [-0.2, -0.15) is 0 Å². The van der Waals surface area contributed by atoms with Crippen LogP contribution < -0.4 is 5.32 Å². The van der Waals surface area contributed by atoms with E-state index in [1.165, 1.54) is 0 Å². The number of nitrogens with zero attached hydrogens (tertiary/aromatic N) is 1. The molecule has 0 fully saturated rings. The van der Waals surface area contributed by atoms with Crippen molar-refractivity contribution >= 4 is 23.2 Å². The Hall–Kier alpha value is -1.13. The predicted octanol–water partition coefficient (Wildman–Crippen LogP) is 3.77. The number of hydrogen-bond donors (Lipinski definition) is 2. The summed E-state index contributed by atoms with van der Waals surface area (Å²) >= 11 is 11.9. The van der Waals surface area contributed by atoms with Crippen molar-refractivity contribution in [1.82, 2.24) is 10.3 Å². The summed E-state index contributed by atoms with van der Waals surface area (Å²) in [5.74, 6) is 0. The van der Waals surface area contributed by atoms with Gasteiger partial charge >= 0.3 is 0 Å². The smallest absolute Gasteiger partial charge is 0.0915 e. The Bertz CT molecular complexity index is 563. The molecule has 2 unspecified atom stereocenters. The number of halogens is 2. The van der Waals surface area contributed by atoms with Crippen molar-refractivity contribution in [3.63, 3.8) is 0 Å². The van der Waals surface area contributed by atoms with Gasteiger partial charge in [-0.15, -0.1) is 0 Å². The van der Waals surface area contributed by atoms with E-state index in [0.29, 0.717) is 16.6 Å². The summed E-state index contributed by atoms with van der Waals surface area (Å²) in [6.45, 7) is 2.46. The van der Waals surface area contributed by atoms with Crippen LogP contribution in [-0.4, -0.2) is 16.6 Å². The number of rotatable bonds is 5. The maximum Gasteiger partial charge on any atom is 0.0915 e. The van der Waals surface area contributed by atoms with Crippen LogP contribution in [0.3, 0.4) is 0 Å². The maximum atomic E-state index is 10.1. The van der Waals surface area contributed by atoms with Gasteiger partial charge in [-0.05, 0) is 42.3 Å². The highest BCUT2D eigenvalue weighted by Gasteiger charge is 2.11. The van der Waals surface area contributed by atoms with Gasteiger partial charge in [0.05, 0.1) is 16.1 Å². The summed E-state index contributed by atoms with van der Waals surface area (Å²) in [4.78, 5) is 3.93. The van der Waals surface area contributed by atoms with Gasteiger partial charge in [0.2, 0.25) is 0 Å². The molecule has 0 saturated carbocycles.